The van der Waals surface area contributed by atoms with Crippen LogP contribution in [0.25, 0.3) is 22.5 Å². The fourth-order valence-electron chi connectivity index (χ4n) is 5.64. The van der Waals surface area contributed by atoms with Crippen molar-refractivity contribution in [1.82, 2.24) is 20.6 Å². The lowest BCUT2D eigenvalue weighted by Gasteiger charge is -2.35. The number of nitrogens with one attached hydrogen (secondary N) is 1. The minimum absolute atomic E-state index is 0.00502. The van der Waals surface area contributed by atoms with Crippen LogP contribution in [-0.2, 0) is 30.5 Å². The molecule has 2 heterocycles. The van der Waals surface area contributed by atoms with Gasteiger partial charge in [-0.15, -0.1) is 25.3 Å². The third-order valence-corrected chi connectivity index (χ3v) is 8.24. The summed E-state index contributed by atoms with van der Waals surface area (Å²) in [4.78, 5) is 59.1. The van der Waals surface area contributed by atoms with Gasteiger partial charge in [0.15, 0.2) is 5.82 Å². The zero-order valence-corrected chi connectivity index (χ0v) is 28.3. The predicted molar refractivity (Wildman–Crippen MR) is 177 cm³/mol. The molecule has 0 radical (unpaired) electrons. The molecule has 3 aromatic rings. The van der Waals surface area contributed by atoms with Crippen LogP contribution in [0.1, 0.15) is 51.0 Å². The van der Waals surface area contributed by atoms with E-state index in [4.69, 9.17) is 21.1 Å². The molecule has 0 amide bonds. The molecule has 0 fully saturated rings. The Morgan fingerprint density at radius 3 is 2.37 bits per heavy atom. The zero-order chi connectivity index (χ0) is 36.8. The number of aliphatic imine (C=N–C) groups is 1. The Kier molecular flexibility index (Phi) is 13.7. The highest BCUT2D eigenvalue weighted by Crippen LogP contribution is 2.37. The first-order valence-corrected chi connectivity index (χ1v) is 16.3. The van der Waals surface area contributed by atoms with Crippen LogP contribution in [0.2, 0.25) is 0 Å². The quantitative estimate of drug-likeness (QED) is 0.0363. The average molecular weight is 732 g/mol. The monoisotopic (exact) mass is 731 g/mol. The van der Waals surface area contributed by atoms with E-state index in [0.29, 0.717) is 18.1 Å². The van der Waals surface area contributed by atoms with E-state index in [1.807, 2.05) is 55.5 Å². The molecule has 2 atom stereocenters. The van der Waals surface area contributed by atoms with Crippen LogP contribution in [0.4, 0.5) is 4.79 Å². The molecule has 0 spiro atoms. The van der Waals surface area contributed by atoms with Gasteiger partial charge in [-0.05, 0) is 47.2 Å². The van der Waals surface area contributed by atoms with E-state index in [0.717, 1.165) is 35.1 Å². The van der Waals surface area contributed by atoms with Crippen molar-refractivity contribution in [1.29, 1.82) is 0 Å². The van der Waals surface area contributed by atoms with Crippen molar-refractivity contribution in [3.63, 3.8) is 0 Å². The number of carbonyl (C=O) groups is 2. The summed E-state index contributed by atoms with van der Waals surface area (Å²) in [6.45, 7) is 1.17. The Morgan fingerprint density at radius 2 is 1.73 bits per heavy atom. The molecule has 2 aromatic carbocycles. The van der Waals surface area contributed by atoms with Crippen LogP contribution >= 0.6 is 11.6 Å². The Bertz CT molecular complexity index is 1740. The maximum absolute atomic E-state index is 12.6. The smallest absolute Gasteiger partial charge is 0.474 e. The first-order chi connectivity index (χ1) is 24.5. The van der Waals surface area contributed by atoms with Gasteiger partial charge in [-0.3, -0.25) is 0 Å². The maximum Gasteiger partial charge on any atom is 0.508 e. The van der Waals surface area contributed by atoms with Crippen molar-refractivity contribution < 1.29 is 48.5 Å². The molecule has 4 rings (SSSR count). The number of aliphatic carboxylic acids is 1. The van der Waals surface area contributed by atoms with Gasteiger partial charge in [0.2, 0.25) is 11.0 Å². The van der Waals surface area contributed by atoms with E-state index in [1.165, 1.54) is 0 Å². The number of H-pyrrole nitrogens is 1. The summed E-state index contributed by atoms with van der Waals surface area (Å²) in [5.41, 5.74) is 3.20. The summed E-state index contributed by atoms with van der Waals surface area (Å²) in [6, 6.07) is 15.2. The first-order valence-electron chi connectivity index (χ1n) is 15.9. The molecule has 1 aliphatic heterocycles. The molecule has 1 aliphatic rings. The molecular weight excluding hydrogens is 696 g/mol. The number of halogens is 1. The number of benzene rings is 2. The van der Waals surface area contributed by atoms with Crippen LogP contribution < -0.4 is 0 Å². The molecule has 272 valence electrons. The van der Waals surface area contributed by atoms with Crippen LogP contribution in [0.5, 0.6) is 0 Å². The lowest BCUT2D eigenvalue weighted by molar-refractivity contribution is -0.812. The van der Waals surface area contributed by atoms with Gasteiger partial charge in [0.25, 0.3) is 15.9 Å². The van der Waals surface area contributed by atoms with Crippen LogP contribution in [0.15, 0.2) is 64.4 Å². The van der Waals surface area contributed by atoms with Gasteiger partial charge in [-0.1, -0.05) is 73.5 Å². The molecule has 0 bridgehead atoms. The van der Waals surface area contributed by atoms with Crippen molar-refractivity contribution in [3.05, 3.63) is 85.2 Å². The first kappa shape index (κ1) is 38.1. The van der Waals surface area contributed by atoms with Crippen molar-refractivity contribution in [2.75, 3.05) is 26.4 Å². The molecule has 1 unspecified atom stereocenters. The Morgan fingerprint density at radius 1 is 1.00 bits per heavy atom. The number of ether oxygens (including phenoxy) is 2. The zero-order valence-electron chi connectivity index (χ0n) is 27.5. The Labute approximate surface area is 295 Å². The summed E-state index contributed by atoms with van der Waals surface area (Å²) < 4.78 is 10.2. The van der Waals surface area contributed by atoms with Gasteiger partial charge >= 0.3 is 12.1 Å². The maximum atomic E-state index is 12.6. The van der Waals surface area contributed by atoms with Crippen molar-refractivity contribution in [2.24, 2.45) is 4.99 Å². The van der Waals surface area contributed by atoms with Crippen LogP contribution in [0, 0.1) is 20.2 Å². The fourth-order valence-corrected chi connectivity index (χ4v) is 5.98. The molecular formula is C31H36ClN8O11+. The number of carboxylic acid groups (broad SMARTS) is 1. The number of tetrazole rings is 1. The Balaban J connectivity index is 1.43. The summed E-state index contributed by atoms with van der Waals surface area (Å²) >= 11 is 6.45. The summed E-state index contributed by atoms with van der Waals surface area (Å²) in [6.07, 6.45) is 0.352. The molecule has 0 saturated carbocycles. The number of rotatable bonds is 21. The number of carboxylic acids is 1. The number of quaternary nitrogens is 1. The number of aromatic nitrogens is 4. The third kappa shape index (κ3) is 10.4. The normalized spacial score (nSPS) is 15.9. The highest BCUT2D eigenvalue weighted by Gasteiger charge is 2.49. The largest absolute Gasteiger partial charge is 0.508 e. The van der Waals surface area contributed by atoms with Gasteiger partial charge in [0.1, 0.15) is 32.4 Å². The summed E-state index contributed by atoms with van der Waals surface area (Å²) in [5, 5.41) is 43.2. The summed E-state index contributed by atoms with van der Waals surface area (Å²) in [5.74, 6) is -0.225. The second kappa shape index (κ2) is 18.3. The lowest BCUT2D eigenvalue weighted by atomic mass is 9.98. The lowest BCUT2D eigenvalue weighted by Crippen LogP contribution is -2.53. The van der Waals surface area contributed by atoms with Gasteiger partial charge in [0.05, 0.1) is 6.61 Å². The predicted octanol–water partition coefficient (Wildman–Crippen LogP) is 5.05. The third-order valence-electron chi connectivity index (χ3n) is 7.98. The number of hydrogen-bond donors (Lipinski definition) is 2. The van der Waals surface area contributed by atoms with Crippen LogP contribution in [0.3, 0.4) is 0 Å². The number of carbonyl (C=O) groups excluding carboxylic acids is 1. The van der Waals surface area contributed by atoms with E-state index in [2.05, 4.69) is 35.3 Å². The molecule has 1 aromatic heterocycles. The van der Waals surface area contributed by atoms with Crippen LogP contribution in [-0.4, -0.2) is 90.8 Å². The van der Waals surface area contributed by atoms with Crippen molar-refractivity contribution in [3.8, 4) is 22.5 Å². The standard InChI is InChI=1S/C31H35ClN8O11/c1-2-3-11-26-33-28(32)27(30(41)42)40(26,16-18-49-31(43)48-17-7-6-8-23(51-39(46)47)20-50-38(44)45)19-21-12-14-22(15-13-21)24-9-4-5-10-25(24)29-34-36-37-35-29/h4-5,9-10,12-15,23H,2-3,6-8,11,16-20H2,1H3,(H-,34,35,36,37,41,42)/p+1/t23-,40?/m1/s1. The molecule has 0 saturated heterocycles. The molecule has 19 nitrogen and oxygen atoms in total. The van der Waals surface area contributed by atoms with Gasteiger partial charge in [-0.2, -0.15) is 4.99 Å². The second-order valence-electron chi connectivity index (χ2n) is 11.3. The molecule has 20 heteroatoms. The second-order valence-corrected chi connectivity index (χ2v) is 11.7. The number of nitrogens with zero attached hydrogens (tertiary/aromatic N) is 7. The number of amidine groups is 1. The SMILES string of the molecule is CCCCC1=NC(Cl)=C(C(=O)O)[N+]1(CCOC(=O)OCCCC[C@H](CO[N+](=O)[O-])O[N+](=O)[O-])Cc1ccc(-c2ccccc2-c2nnn[nH]2)cc1. The van der Waals surface area contributed by atoms with Gasteiger partial charge in [-0.25, -0.2) is 19.2 Å². The fraction of sp³-hybridized carbons (Fsp3) is 0.419. The number of aromatic amines is 1. The number of hydrogen-bond acceptors (Lipinski definition) is 14. The van der Waals surface area contributed by atoms with E-state index >= 15 is 0 Å². The average Bonchev–Trinajstić information content (AvgIpc) is 3.72. The minimum Gasteiger partial charge on any atom is -0.474 e. The van der Waals surface area contributed by atoms with Crippen molar-refractivity contribution in [2.45, 2.75) is 58.1 Å². The van der Waals surface area contributed by atoms with E-state index in [9.17, 15) is 34.9 Å². The number of unbranched alkanes of at least 4 members (excludes halogenated alkanes) is 2. The summed E-state index contributed by atoms with van der Waals surface area (Å²) in [7, 11) is 0. The molecule has 2 N–H and O–H groups in total. The van der Waals surface area contributed by atoms with E-state index in [1.54, 1.807) is 0 Å². The highest BCUT2D eigenvalue weighted by atomic mass is 35.5. The molecule has 51 heavy (non-hydrogen) atoms. The molecule has 0 aliphatic carbocycles. The van der Waals surface area contributed by atoms with Gasteiger partial charge in [0, 0.05) is 17.5 Å². The highest BCUT2D eigenvalue weighted by molar-refractivity contribution is 6.32. The van der Waals surface area contributed by atoms with E-state index < -0.39 is 35.0 Å². The van der Waals surface area contributed by atoms with Crippen molar-refractivity contribution >= 4 is 29.6 Å². The topological polar surface area (TPSA) is 244 Å². The Hall–Kier alpha value is -5.69. The van der Waals surface area contributed by atoms with E-state index in [-0.39, 0.29) is 60.9 Å². The minimum atomic E-state index is -1.26. The van der Waals surface area contributed by atoms with Gasteiger partial charge < -0.3 is 24.3 Å².